The molecule has 4 heterocycles. The highest BCUT2D eigenvalue weighted by atomic mass is 15.3. The van der Waals surface area contributed by atoms with Crippen molar-refractivity contribution in [1.29, 1.82) is 0 Å². The van der Waals surface area contributed by atoms with Crippen LogP contribution >= 0.6 is 0 Å². The van der Waals surface area contributed by atoms with Crippen molar-refractivity contribution in [3.8, 4) is 11.3 Å². The predicted molar refractivity (Wildman–Crippen MR) is 144 cm³/mol. The smallest absolute Gasteiger partial charge is 0.130 e. The van der Waals surface area contributed by atoms with E-state index in [9.17, 15) is 0 Å². The number of hydrogen-bond acceptors (Lipinski definition) is 6. The molecule has 0 aliphatic carbocycles. The van der Waals surface area contributed by atoms with E-state index in [2.05, 4.69) is 86.4 Å². The Balaban J connectivity index is 1.36. The lowest BCUT2D eigenvalue weighted by Gasteiger charge is -2.37. The molecule has 7 heteroatoms. The first-order valence-electron chi connectivity index (χ1n) is 12.3. The molecule has 0 spiro atoms. The van der Waals surface area contributed by atoms with Crippen LogP contribution in [0.15, 0.2) is 67.4 Å². The minimum Gasteiger partial charge on any atom is -0.354 e. The van der Waals surface area contributed by atoms with Gasteiger partial charge >= 0.3 is 0 Å². The van der Waals surface area contributed by atoms with Crippen LogP contribution in [0.5, 0.6) is 0 Å². The van der Waals surface area contributed by atoms with Crippen LogP contribution in [0.1, 0.15) is 26.3 Å². The Morgan fingerprint density at radius 2 is 1.80 bits per heavy atom. The third kappa shape index (κ3) is 4.91. The molecular weight excluding hydrogens is 434 g/mol. The van der Waals surface area contributed by atoms with Gasteiger partial charge in [-0.25, -0.2) is 15.0 Å². The third-order valence-electron chi connectivity index (χ3n) is 6.81. The number of piperazine rings is 1. The van der Waals surface area contributed by atoms with E-state index in [0.29, 0.717) is 6.04 Å². The maximum Gasteiger partial charge on any atom is 0.130 e. The molecule has 1 aliphatic rings. The molecule has 0 bridgehead atoms. The van der Waals surface area contributed by atoms with E-state index in [-0.39, 0.29) is 0 Å². The second-order valence-electron chi connectivity index (χ2n) is 9.37. The molecule has 0 amide bonds. The molecule has 7 nitrogen and oxygen atoms in total. The summed E-state index contributed by atoms with van der Waals surface area (Å²) in [5.41, 5.74) is 4.35. The number of nitrogens with zero attached hydrogens (tertiary/aromatic N) is 6. The highest BCUT2D eigenvalue weighted by Gasteiger charge is 2.20. The number of hydrogen-bond donors (Lipinski definition) is 1. The van der Waals surface area contributed by atoms with Crippen LogP contribution < -0.4 is 10.2 Å². The SMILES string of the molecule is C/C=C(/Nc1cc2cc(-c3cncn3C)ccc2cn1)c1ccnc(N2CCN(C(C)C)CC2)c1. The molecule has 35 heavy (non-hydrogen) atoms. The summed E-state index contributed by atoms with van der Waals surface area (Å²) in [4.78, 5) is 18.5. The van der Waals surface area contributed by atoms with Crippen LogP contribution in [0.2, 0.25) is 0 Å². The van der Waals surface area contributed by atoms with Gasteiger partial charge in [-0.05, 0) is 50.4 Å². The Morgan fingerprint density at radius 3 is 2.51 bits per heavy atom. The zero-order chi connectivity index (χ0) is 24.4. The highest BCUT2D eigenvalue weighted by Crippen LogP contribution is 2.27. The minimum atomic E-state index is 0.588. The van der Waals surface area contributed by atoms with Gasteiger partial charge in [0.05, 0.1) is 18.2 Å². The zero-order valence-corrected chi connectivity index (χ0v) is 20.9. The number of aromatic nitrogens is 4. The van der Waals surface area contributed by atoms with Crippen molar-refractivity contribution in [3.63, 3.8) is 0 Å². The monoisotopic (exact) mass is 467 g/mol. The Morgan fingerprint density at radius 1 is 0.971 bits per heavy atom. The number of imidazole rings is 1. The van der Waals surface area contributed by atoms with Gasteiger partial charge in [0.15, 0.2) is 0 Å². The average Bonchev–Trinajstić information content (AvgIpc) is 3.32. The van der Waals surface area contributed by atoms with Crippen LogP contribution in [0.3, 0.4) is 0 Å². The average molecular weight is 468 g/mol. The topological polar surface area (TPSA) is 62.1 Å². The normalized spacial score (nSPS) is 15.2. The fraction of sp³-hybridized carbons (Fsp3) is 0.321. The second-order valence-corrected chi connectivity index (χ2v) is 9.37. The Bertz CT molecular complexity index is 1350. The Labute approximate surface area is 207 Å². The van der Waals surface area contributed by atoms with Crippen LogP contribution in [0.25, 0.3) is 27.7 Å². The van der Waals surface area contributed by atoms with Gasteiger partial charge < -0.3 is 14.8 Å². The van der Waals surface area contributed by atoms with E-state index < -0.39 is 0 Å². The van der Waals surface area contributed by atoms with Gasteiger partial charge in [-0.2, -0.15) is 0 Å². The molecule has 4 aromatic rings. The van der Waals surface area contributed by atoms with E-state index in [1.54, 1.807) is 0 Å². The van der Waals surface area contributed by atoms with E-state index in [1.807, 2.05) is 43.5 Å². The maximum absolute atomic E-state index is 4.67. The molecule has 5 rings (SSSR count). The van der Waals surface area contributed by atoms with Crippen molar-refractivity contribution in [2.45, 2.75) is 26.8 Å². The van der Waals surface area contributed by atoms with Crippen LogP contribution in [0.4, 0.5) is 11.6 Å². The molecule has 0 radical (unpaired) electrons. The first-order valence-corrected chi connectivity index (χ1v) is 12.3. The van der Waals surface area contributed by atoms with Gasteiger partial charge in [0.2, 0.25) is 0 Å². The quantitative estimate of drug-likeness (QED) is 0.429. The van der Waals surface area contributed by atoms with Gasteiger partial charge in [0.1, 0.15) is 11.6 Å². The number of pyridine rings is 2. The molecule has 0 atom stereocenters. The number of rotatable bonds is 6. The van der Waals surface area contributed by atoms with Crippen LogP contribution in [-0.2, 0) is 7.05 Å². The van der Waals surface area contributed by atoms with Gasteiger partial charge in [0, 0.05) is 73.9 Å². The molecule has 3 aromatic heterocycles. The van der Waals surface area contributed by atoms with Crippen molar-refractivity contribution in [2.24, 2.45) is 7.05 Å². The van der Waals surface area contributed by atoms with Gasteiger partial charge in [0.25, 0.3) is 0 Å². The maximum atomic E-state index is 4.67. The summed E-state index contributed by atoms with van der Waals surface area (Å²) in [7, 11) is 2.01. The number of fused-ring (bicyclic) bond motifs is 1. The lowest BCUT2D eigenvalue weighted by atomic mass is 10.1. The van der Waals surface area contributed by atoms with E-state index in [0.717, 1.165) is 71.1 Å². The second kappa shape index (κ2) is 9.88. The van der Waals surface area contributed by atoms with Gasteiger partial charge in [-0.15, -0.1) is 0 Å². The summed E-state index contributed by atoms with van der Waals surface area (Å²) >= 11 is 0. The fourth-order valence-electron chi connectivity index (χ4n) is 4.68. The van der Waals surface area contributed by atoms with E-state index >= 15 is 0 Å². The Kier molecular flexibility index (Phi) is 6.51. The molecule has 1 fully saturated rings. The number of anilines is 2. The predicted octanol–water partition coefficient (Wildman–Crippen LogP) is 5.03. The molecule has 0 unspecified atom stereocenters. The first-order chi connectivity index (χ1) is 17.0. The molecule has 180 valence electrons. The largest absolute Gasteiger partial charge is 0.354 e. The summed E-state index contributed by atoms with van der Waals surface area (Å²) in [5.74, 6) is 1.84. The molecular formula is C28H33N7. The number of aryl methyl sites for hydroxylation is 1. The molecule has 1 saturated heterocycles. The van der Waals surface area contributed by atoms with Crippen LogP contribution in [-0.4, -0.2) is 56.6 Å². The zero-order valence-electron chi connectivity index (χ0n) is 20.9. The van der Waals surface area contributed by atoms with Gasteiger partial charge in [-0.1, -0.05) is 18.2 Å². The lowest BCUT2D eigenvalue weighted by Crippen LogP contribution is -2.49. The van der Waals surface area contributed by atoms with Crippen molar-refractivity contribution in [2.75, 3.05) is 36.4 Å². The van der Waals surface area contributed by atoms with Crippen LogP contribution in [0, 0.1) is 0 Å². The Hall–Kier alpha value is -3.71. The first kappa shape index (κ1) is 23.1. The summed E-state index contributed by atoms with van der Waals surface area (Å²) in [6, 6.07) is 13.3. The number of benzene rings is 1. The van der Waals surface area contributed by atoms with Gasteiger partial charge in [-0.3, -0.25) is 4.90 Å². The number of nitrogens with one attached hydrogen (secondary N) is 1. The molecule has 1 N–H and O–H groups in total. The third-order valence-corrected chi connectivity index (χ3v) is 6.81. The minimum absolute atomic E-state index is 0.588. The summed E-state index contributed by atoms with van der Waals surface area (Å²) < 4.78 is 2.03. The standard InChI is InChI=1S/C28H33N7/c1-5-25(21-8-9-30-28(16-21)35-12-10-34(11-13-35)20(2)3)32-27-15-24-14-22(6-7-23(24)17-31-27)26-18-29-19-33(26)4/h5-9,14-20H,10-13H2,1-4H3,(H,31,32)/b25-5+. The van der Waals surface area contributed by atoms with Crippen molar-refractivity contribution in [3.05, 3.63) is 73.0 Å². The molecule has 1 aliphatic heterocycles. The summed E-state index contributed by atoms with van der Waals surface area (Å²) in [6.07, 6.45) is 9.63. The highest BCUT2D eigenvalue weighted by molar-refractivity contribution is 5.89. The molecule has 1 aromatic carbocycles. The fourth-order valence-corrected chi connectivity index (χ4v) is 4.68. The lowest BCUT2D eigenvalue weighted by molar-refractivity contribution is 0.209. The summed E-state index contributed by atoms with van der Waals surface area (Å²) in [6.45, 7) is 10.7. The van der Waals surface area contributed by atoms with Crippen molar-refractivity contribution in [1.82, 2.24) is 24.4 Å². The van der Waals surface area contributed by atoms with Crippen molar-refractivity contribution >= 4 is 28.1 Å². The number of allylic oxidation sites excluding steroid dienone is 1. The van der Waals surface area contributed by atoms with E-state index in [1.165, 1.54) is 0 Å². The van der Waals surface area contributed by atoms with E-state index in [4.69, 9.17) is 0 Å². The summed E-state index contributed by atoms with van der Waals surface area (Å²) in [5, 5.41) is 5.77. The molecule has 0 saturated carbocycles. The van der Waals surface area contributed by atoms with Crippen molar-refractivity contribution < 1.29 is 0 Å².